The van der Waals surface area contributed by atoms with Crippen LogP contribution in [-0.4, -0.2) is 49.9 Å². The van der Waals surface area contributed by atoms with Gasteiger partial charge in [0.25, 0.3) is 5.91 Å². The Morgan fingerprint density at radius 2 is 1.89 bits per heavy atom. The Morgan fingerprint density at radius 3 is 2.44 bits per heavy atom. The fraction of sp³-hybridized carbons (Fsp3) is 0.389. The molecule has 146 valence electrons. The number of carbonyl (C=O) groups is 3. The second kappa shape index (κ2) is 8.81. The monoisotopic (exact) mass is 394 g/mol. The van der Waals surface area contributed by atoms with Gasteiger partial charge in [-0.25, -0.2) is 13.2 Å². The Balaban J connectivity index is 2.02. The molecule has 1 aliphatic heterocycles. The zero-order valence-electron chi connectivity index (χ0n) is 15.1. The normalized spacial score (nSPS) is 19.8. The van der Waals surface area contributed by atoms with Crippen molar-refractivity contribution in [2.24, 2.45) is 0 Å². The third kappa shape index (κ3) is 6.52. The highest BCUT2D eigenvalue weighted by molar-refractivity contribution is 7.91. The highest BCUT2D eigenvalue weighted by atomic mass is 32.2. The van der Waals surface area contributed by atoms with Crippen LogP contribution in [0.5, 0.6) is 0 Å². The number of carbonyl (C=O) groups excluding carboxylic acids is 3. The van der Waals surface area contributed by atoms with Crippen molar-refractivity contribution in [3.8, 4) is 0 Å². The van der Waals surface area contributed by atoms with Gasteiger partial charge in [0.1, 0.15) is 5.70 Å². The molecular formula is C18H22N2O6S. The van der Waals surface area contributed by atoms with Crippen LogP contribution < -0.4 is 10.6 Å². The lowest BCUT2D eigenvalue weighted by Gasteiger charge is -2.17. The van der Waals surface area contributed by atoms with E-state index in [1.54, 1.807) is 24.3 Å². The number of esters is 1. The Hall–Kier alpha value is -2.68. The van der Waals surface area contributed by atoms with Gasteiger partial charge in [0, 0.05) is 13.0 Å². The molecule has 2 N–H and O–H groups in total. The molecule has 1 heterocycles. The summed E-state index contributed by atoms with van der Waals surface area (Å²) in [4.78, 5) is 35.9. The second-order valence-electron chi connectivity index (χ2n) is 6.31. The summed E-state index contributed by atoms with van der Waals surface area (Å²) in [6.07, 6.45) is 0.631. The second-order valence-corrected chi connectivity index (χ2v) is 8.53. The van der Waals surface area contributed by atoms with Crippen LogP contribution in [0.1, 0.15) is 25.8 Å². The summed E-state index contributed by atoms with van der Waals surface area (Å²) >= 11 is 0. The lowest BCUT2D eigenvalue weighted by atomic mass is 10.2. The molecule has 27 heavy (non-hydrogen) atoms. The Labute approximate surface area is 157 Å². The molecule has 1 aliphatic rings. The number of benzene rings is 1. The molecule has 2 rings (SSSR count). The van der Waals surface area contributed by atoms with Crippen LogP contribution in [0.4, 0.5) is 0 Å². The van der Waals surface area contributed by atoms with Gasteiger partial charge in [-0.2, -0.15) is 0 Å². The van der Waals surface area contributed by atoms with Crippen LogP contribution in [0.3, 0.4) is 0 Å². The fourth-order valence-corrected chi connectivity index (χ4v) is 4.23. The van der Waals surface area contributed by atoms with Crippen molar-refractivity contribution in [1.82, 2.24) is 10.6 Å². The number of amides is 2. The van der Waals surface area contributed by atoms with Crippen molar-refractivity contribution in [2.75, 3.05) is 11.5 Å². The third-order valence-electron chi connectivity index (χ3n) is 3.87. The molecule has 0 aromatic heterocycles. The van der Waals surface area contributed by atoms with E-state index in [0.29, 0.717) is 12.0 Å². The van der Waals surface area contributed by atoms with E-state index >= 15 is 0 Å². The van der Waals surface area contributed by atoms with E-state index in [0.717, 1.165) is 0 Å². The molecule has 1 fully saturated rings. The van der Waals surface area contributed by atoms with Gasteiger partial charge in [0.2, 0.25) is 5.91 Å². The molecule has 2 amide bonds. The molecule has 0 spiro atoms. The molecule has 9 heteroatoms. The van der Waals surface area contributed by atoms with E-state index in [1.165, 1.54) is 19.9 Å². The van der Waals surface area contributed by atoms with Gasteiger partial charge >= 0.3 is 5.97 Å². The summed E-state index contributed by atoms with van der Waals surface area (Å²) in [5.74, 6) is -2.01. The van der Waals surface area contributed by atoms with E-state index in [4.69, 9.17) is 4.74 Å². The maximum Gasteiger partial charge on any atom is 0.355 e. The van der Waals surface area contributed by atoms with Crippen LogP contribution in [0.2, 0.25) is 0 Å². The number of nitrogens with one attached hydrogen (secondary N) is 2. The number of rotatable bonds is 6. The van der Waals surface area contributed by atoms with Gasteiger partial charge in [0.15, 0.2) is 15.9 Å². The van der Waals surface area contributed by atoms with Gasteiger partial charge in [-0.1, -0.05) is 30.3 Å². The lowest BCUT2D eigenvalue weighted by molar-refractivity contribution is -0.152. The SMILES string of the molecule is CC(=O)N/C(=C\c1ccccc1)C(=O)O[C@@H](C)C(=O)N[C@@H]1CCS(=O)(=O)C1. The molecule has 0 unspecified atom stereocenters. The molecule has 0 radical (unpaired) electrons. The quantitative estimate of drug-likeness (QED) is 0.532. The minimum Gasteiger partial charge on any atom is -0.448 e. The highest BCUT2D eigenvalue weighted by Gasteiger charge is 2.31. The molecule has 0 aliphatic carbocycles. The Morgan fingerprint density at radius 1 is 1.22 bits per heavy atom. The molecule has 2 atom stereocenters. The van der Waals surface area contributed by atoms with Gasteiger partial charge < -0.3 is 15.4 Å². The smallest absolute Gasteiger partial charge is 0.355 e. The summed E-state index contributed by atoms with van der Waals surface area (Å²) in [5, 5.41) is 4.96. The van der Waals surface area contributed by atoms with Crippen molar-refractivity contribution < 1.29 is 27.5 Å². The van der Waals surface area contributed by atoms with Crippen molar-refractivity contribution in [3.63, 3.8) is 0 Å². The highest BCUT2D eigenvalue weighted by Crippen LogP contribution is 2.12. The van der Waals surface area contributed by atoms with Crippen LogP contribution in [0.25, 0.3) is 6.08 Å². The summed E-state index contributed by atoms with van der Waals surface area (Å²) in [6, 6.07) is 8.35. The van der Waals surface area contributed by atoms with Crippen molar-refractivity contribution in [3.05, 3.63) is 41.6 Å². The van der Waals surface area contributed by atoms with Crippen LogP contribution in [0, 0.1) is 0 Å². The van der Waals surface area contributed by atoms with Gasteiger partial charge in [0.05, 0.1) is 11.5 Å². The lowest BCUT2D eigenvalue weighted by Crippen LogP contribution is -2.43. The van der Waals surface area contributed by atoms with Gasteiger partial charge in [-0.15, -0.1) is 0 Å². The number of hydrogen-bond donors (Lipinski definition) is 2. The van der Waals surface area contributed by atoms with Crippen molar-refractivity contribution >= 4 is 33.7 Å². The molecule has 1 aromatic rings. The number of sulfone groups is 1. The summed E-state index contributed by atoms with van der Waals surface area (Å²) in [7, 11) is -3.13. The zero-order chi connectivity index (χ0) is 20.0. The first-order chi connectivity index (χ1) is 12.7. The first-order valence-corrected chi connectivity index (χ1v) is 10.2. The standard InChI is InChI=1S/C18H22N2O6S/c1-12(17(22)20-15-8-9-27(24,25)11-15)26-18(23)16(19-13(2)21)10-14-6-4-3-5-7-14/h3-7,10,12,15H,8-9,11H2,1-2H3,(H,19,21)(H,20,22)/b16-10-/t12-,15+/m0/s1. The topological polar surface area (TPSA) is 119 Å². The van der Waals surface area contributed by atoms with Crippen LogP contribution in [-0.2, 0) is 29.0 Å². The minimum atomic E-state index is -3.13. The molecular weight excluding hydrogens is 372 g/mol. The predicted octanol–water partition coefficient (Wildman–Crippen LogP) is 0.399. The minimum absolute atomic E-state index is 0.0264. The van der Waals surface area contributed by atoms with E-state index in [2.05, 4.69) is 10.6 Å². The molecule has 1 aromatic carbocycles. The number of ether oxygens (including phenoxy) is 1. The average Bonchev–Trinajstić information content (AvgIpc) is 2.93. The molecule has 8 nitrogen and oxygen atoms in total. The molecule has 1 saturated heterocycles. The van der Waals surface area contributed by atoms with Gasteiger partial charge in [-0.05, 0) is 25.0 Å². The Kier molecular flexibility index (Phi) is 6.73. The maximum atomic E-state index is 12.4. The van der Waals surface area contributed by atoms with Crippen LogP contribution in [0.15, 0.2) is 36.0 Å². The summed E-state index contributed by atoms with van der Waals surface area (Å²) in [5.41, 5.74) is 0.572. The van der Waals surface area contributed by atoms with Gasteiger partial charge in [-0.3, -0.25) is 9.59 Å². The predicted molar refractivity (Wildman–Crippen MR) is 99.0 cm³/mol. The Bertz CT molecular complexity index is 848. The first kappa shape index (κ1) is 20.6. The first-order valence-electron chi connectivity index (χ1n) is 8.42. The molecule has 0 saturated carbocycles. The fourth-order valence-electron chi connectivity index (χ4n) is 2.56. The molecule has 0 bridgehead atoms. The van der Waals surface area contributed by atoms with E-state index in [1.807, 2.05) is 6.07 Å². The van der Waals surface area contributed by atoms with E-state index < -0.39 is 39.8 Å². The summed E-state index contributed by atoms with van der Waals surface area (Å²) in [6.45, 7) is 2.63. The average molecular weight is 394 g/mol. The summed E-state index contributed by atoms with van der Waals surface area (Å²) < 4.78 is 28.0. The maximum absolute atomic E-state index is 12.4. The van der Waals surface area contributed by atoms with Crippen molar-refractivity contribution in [1.29, 1.82) is 0 Å². The van der Waals surface area contributed by atoms with Crippen molar-refractivity contribution in [2.45, 2.75) is 32.4 Å². The van der Waals surface area contributed by atoms with E-state index in [-0.39, 0.29) is 17.2 Å². The number of hydrogen-bond acceptors (Lipinski definition) is 6. The van der Waals surface area contributed by atoms with E-state index in [9.17, 15) is 22.8 Å². The van der Waals surface area contributed by atoms with Crippen LogP contribution >= 0.6 is 0 Å². The zero-order valence-corrected chi connectivity index (χ0v) is 15.9. The largest absolute Gasteiger partial charge is 0.448 e. The third-order valence-corrected chi connectivity index (χ3v) is 5.64.